The van der Waals surface area contributed by atoms with Gasteiger partial charge in [0.15, 0.2) is 0 Å². The Morgan fingerprint density at radius 2 is 2.12 bits per heavy atom. The highest BCUT2D eigenvalue weighted by molar-refractivity contribution is 9.10. The fourth-order valence-corrected chi connectivity index (χ4v) is 2.58. The first-order valence-electron chi connectivity index (χ1n) is 6.35. The summed E-state index contributed by atoms with van der Waals surface area (Å²) < 4.78 is 6.95. The molecular weight excluding hydrogens is 278 g/mol. The monoisotopic (exact) mass is 297 g/mol. The number of piperidine rings is 1. The van der Waals surface area contributed by atoms with E-state index in [0.29, 0.717) is 0 Å². The second kappa shape index (κ2) is 6.41. The van der Waals surface area contributed by atoms with Crippen LogP contribution >= 0.6 is 15.9 Å². The van der Waals surface area contributed by atoms with E-state index in [-0.39, 0.29) is 0 Å². The average Bonchev–Trinajstić information content (AvgIpc) is 2.35. The quantitative estimate of drug-likeness (QED) is 0.918. The van der Waals surface area contributed by atoms with E-state index in [1.54, 1.807) is 0 Å². The Labute approximate surface area is 112 Å². The number of benzene rings is 1. The van der Waals surface area contributed by atoms with Gasteiger partial charge in [0, 0.05) is 4.47 Å². The summed E-state index contributed by atoms with van der Waals surface area (Å²) >= 11 is 3.48. The van der Waals surface area contributed by atoms with Crippen molar-refractivity contribution >= 4 is 15.9 Å². The fraction of sp³-hybridized carbons (Fsp3) is 0.571. The van der Waals surface area contributed by atoms with Crippen molar-refractivity contribution in [3.8, 4) is 5.75 Å². The van der Waals surface area contributed by atoms with Crippen LogP contribution in [-0.4, -0.2) is 19.7 Å². The first-order valence-corrected chi connectivity index (χ1v) is 7.14. The van der Waals surface area contributed by atoms with E-state index in [9.17, 15) is 0 Å². The van der Waals surface area contributed by atoms with Gasteiger partial charge in [0.05, 0.1) is 6.61 Å². The van der Waals surface area contributed by atoms with E-state index in [0.717, 1.165) is 22.7 Å². The standard InChI is InChI=1S/C14H20BrNO/c1-11-2-3-13(15)10-14(11)17-9-6-12-4-7-16-8-5-12/h2-3,10,12,16H,4-9H2,1H3. The van der Waals surface area contributed by atoms with E-state index in [4.69, 9.17) is 4.74 Å². The predicted octanol–water partition coefficient (Wildman–Crippen LogP) is 3.53. The van der Waals surface area contributed by atoms with Crippen molar-refractivity contribution in [1.29, 1.82) is 0 Å². The van der Waals surface area contributed by atoms with E-state index in [2.05, 4.69) is 46.4 Å². The van der Waals surface area contributed by atoms with E-state index in [1.165, 1.54) is 37.9 Å². The number of aryl methyl sites for hydroxylation is 1. The molecule has 1 fully saturated rings. The van der Waals surface area contributed by atoms with Gasteiger partial charge in [-0.2, -0.15) is 0 Å². The maximum atomic E-state index is 5.87. The molecule has 1 aromatic rings. The summed E-state index contributed by atoms with van der Waals surface area (Å²) in [5, 5.41) is 3.39. The maximum absolute atomic E-state index is 5.87. The van der Waals surface area contributed by atoms with Gasteiger partial charge in [-0.05, 0) is 62.9 Å². The fourth-order valence-electron chi connectivity index (χ4n) is 2.24. The van der Waals surface area contributed by atoms with Gasteiger partial charge >= 0.3 is 0 Å². The summed E-state index contributed by atoms with van der Waals surface area (Å²) in [4.78, 5) is 0. The van der Waals surface area contributed by atoms with Crippen LogP contribution in [0.15, 0.2) is 22.7 Å². The molecule has 17 heavy (non-hydrogen) atoms. The Kier molecular flexibility index (Phi) is 4.86. The van der Waals surface area contributed by atoms with Crippen molar-refractivity contribution < 1.29 is 4.74 Å². The molecule has 0 unspecified atom stereocenters. The molecular formula is C14H20BrNO. The Morgan fingerprint density at radius 3 is 2.88 bits per heavy atom. The van der Waals surface area contributed by atoms with Gasteiger partial charge in [-0.25, -0.2) is 0 Å². The molecule has 1 aliphatic heterocycles. The van der Waals surface area contributed by atoms with Crippen LogP contribution in [0.3, 0.4) is 0 Å². The molecule has 0 aromatic heterocycles. The summed E-state index contributed by atoms with van der Waals surface area (Å²) in [6.07, 6.45) is 3.76. The van der Waals surface area contributed by atoms with Crippen LogP contribution in [0.25, 0.3) is 0 Å². The third-order valence-electron chi connectivity index (χ3n) is 3.39. The minimum atomic E-state index is 0.835. The van der Waals surface area contributed by atoms with Crippen molar-refractivity contribution in [1.82, 2.24) is 5.32 Å². The van der Waals surface area contributed by atoms with Gasteiger partial charge < -0.3 is 10.1 Å². The van der Waals surface area contributed by atoms with E-state index >= 15 is 0 Å². The van der Waals surface area contributed by atoms with Gasteiger partial charge in [0.1, 0.15) is 5.75 Å². The molecule has 1 aliphatic rings. The number of halogens is 1. The molecule has 0 aliphatic carbocycles. The maximum Gasteiger partial charge on any atom is 0.123 e. The predicted molar refractivity (Wildman–Crippen MR) is 74.6 cm³/mol. The molecule has 2 nitrogen and oxygen atoms in total. The number of rotatable bonds is 4. The van der Waals surface area contributed by atoms with Crippen molar-refractivity contribution in [3.63, 3.8) is 0 Å². The third kappa shape index (κ3) is 4.00. The molecule has 2 rings (SSSR count). The minimum absolute atomic E-state index is 0.835. The minimum Gasteiger partial charge on any atom is -0.493 e. The van der Waals surface area contributed by atoms with Gasteiger partial charge in [0.2, 0.25) is 0 Å². The van der Waals surface area contributed by atoms with Crippen molar-refractivity contribution in [3.05, 3.63) is 28.2 Å². The molecule has 3 heteroatoms. The van der Waals surface area contributed by atoms with Gasteiger partial charge in [-0.1, -0.05) is 22.0 Å². The molecule has 1 aromatic carbocycles. The molecule has 0 spiro atoms. The van der Waals surface area contributed by atoms with E-state index < -0.39 is 0 Å². The first-order chi connectivity index (χ1) is 8.25. The molecule has 94 valence electrons. The van der Waals surface area contributed by atoms with Crippen LogP contribution in [0.4, 0.5) is 0 Å². The lowest BCUT2D eigenvalue weighted by atomic mass is 9.95. The van der Waals surface area contributed by atoms with Gasteiger partial charge in [-0.15, -0.1) is 0 Å². The first kappa shape index (κ1) is 12.9. The topological polar surface area (TPSA) is 21.3 Å². The molecule has 1 saturated heterocycles. The Bertz CT molecular complexity index is 361. The number of ether oxygens (including phenoxy) is 1. The largest absolute Gasteiger partial charge is 0.493 e. The van der Waals surface area contributed by atoms with Crippen LogP contribution in [0.1, 0.15) is 24.8 Å². The zero-order valence-electron chi connectivity index (χ0n) is 10.3. The van der Waals surface area contributed by atoms with Crippen LogP contribution < -0.4 is 10.1 Å². The smallest absolute Gasteiger partial charge is 0.123 e. The summed E-state index contributed by atoms with van der Waals surface area (Å²) in [6, 6.07) is 6.19. The van der Waals surface area contributed by atoms with Crippen LogP contribution in [0.2, 0.25) is 0 Å². The Hall–Kier alpha value is -0.540. The molecule has 0 amide bonds. The summed E-state index contributed by atoms with van der Waals surface area (Å²) in [6.45, 7) is 5.26. The van der Waals surface area contributed by atoms with Crippen LogP contribution in [0, 0.1) is 12.8 Å². The molecule has 0 atom stereocenters. The lowest BCUT2D eigenvalue weighted by molar-refractivity contribution is 0.250. The zero-order chi connectivity index (χ0) is 12.1. The second-order valence-electron chi connectivity index (χ2n) is 4.74. The number of hydrogen-bond donors (Lipinski definition) is 1. The highest BCUT2D eigenvalue weighted by Gasteiger charge is 2.12. The van der Waals surface area contributed by atoms with Gasteiger partial charge in [0.25, 0.3) is 0 Å². The lowest BCUT2D eigenvalue weighted by Gasteiger charge is -2.22. The lowest BCUT2D eigenvalue weighted by Crippen LogP contribution is -2.28. The molecule has 1 heterocycles. The van der Waals surface area contributed by atoms with Crippen molar-refractivity contribution in [2.45, 2.75) is 26.2 Å². The van der Waals surface area contributed by atoms with E-state index in [1.807, 2.05) is 0 Å². The Balaban J connectivity index is 1.79. The zero-order valence-corrected chi connectivity index (χ0v) is 11.9. The van der Waals surface area contributed by atoms with Gasteiger partial charge in [-0.3, -0.25) is 0 Å². The summed E-state index contributed by atoms with van der Waals surface area (Å²) in [5.41, 5.74) is 1.21. The number of hydrogen-bond acceptors (Lipinski definition) is 2. The average molecular weight is 298 g/mol. The number of nitrogens with one attached hydrogen (secondary N) is 1. The Morgan fingerprint density at radius 1 is 1.35 bits per heavy atom. The molecule has 0 radical (unpaired) electrons. The van der Waals surface area contributed by atoms with Crippen LogP contribution in [0.5, 0.6) is 5.75 Å². The summed E-state index contributed by atoms with van der Waals surface area (Å²) in [7, 11) is 0. The summed E-state index contributed by atoms with van der Waals surface area (Å²) in [5.74, 6) is 1.84. The van der Waals surface area contributed by atoms with Crippen molar-refractivity contribution in [2.24, 2.45) is 5.92 Å². The normalized spacial score (nSPS) is 17.1. The SMILES string of the molecule is Cc1ccc(Br)cc1OCCC1CCNCC1. The molecule has 0 bridgehead atoms. The highest BCUT2D eigenvalue weighted by atomic mass is 79.9. The highest BCUT2D eigenvalue weighted by Crippen LogP contribution is 2.24. The molecule has 1 N–H and O–H groups in total. The second-order valence-corrected chi connectivity index (χ2v) is 5.66. The van der Waals surface area contributed by atoms with Crippen LogP contribution in [-0.2, 0) is 0 Å². The van der Waals surface area contributed by atoms with Crippen molar-refractivity contribution in [2.75, 3.05) is 19.7 Å². The molecule has 0 saturated carbocycles. The third-order valence-corrected chi connectivity index (χ3v) is 3.89.